The Kier molecular flexibility index (Phi) is 5.62. The van der Waals surface area contributed by atoms with E-state index in [9.17, 15) is 14.7 Å². The van der Waals surface area contributed by atoms with E-state index in [0.29, 0.717) is 12.3 Å². The van der Waals surface area contributed by atoms with Crippen LogP contribution in [0.15, 0.2) is 0 Å². The van der Waals surface area contributed by atoms with Crippen LogP contribution in [-0.4, -0.2) is 46.6 Å². The highest BCUT2D eigenvalue weighted by atomic mass is 16.4. The van der Waals surface area contributed by atoms with Crippen molar-refractivity contribution in [1.82, 2.24) is 10.2 Å². The second-order valence-electron chi connectivity index (χ2n) is 6.45. The quantitative estimate of drug-likeness (QED) is 0.786. The predicted molar refractivity (Wildman–Crippen MR) is 81.0 cm³/mol. The van der Waals surface area contributed by atoms with Crippen LogP contribution in [0.5, 0.6) is 0 Å². The van der Waals surface area contributed by atoms with E-state index in [1.54, 1.807) is 0 Å². The molecule has 1 saturated heterocycles. The van der Waals surface area contributed by atoms with Crippen LogP contribution in [0.1, 0.15) is 58.8 Å². The number of aliphatic carboxylic acids is 1. The smallest absolute Gasteiger partial charge is 0.320 e. The highest BCUT2D eigenvalue weighted by Crippen LogP contribution is 2.39. The molecule has 1 aliphatic carbocycles. The minimum absolute atomic E-state index is 0.0267. The average Bonchev–Trinajstić information content (AvgIpc) is 2.84. The summed E-state index contributed by atoms with van der Waals surface area (Å²) in [4.78, 5) is 25.7. The number of carboxylic acids is 1. The Morgan fingerprint density at radius 3 is 2.52 bits per heavy atom. The van der Waals surface area contributed by atoms with Gasteiger partial charge >= 0.3 is 5.97 Å². The Balaban J connectivity index is 2.00. The molecule has 1 aliphatic heterocycles. The molecule has 0 aromatic rings. The van der Waals surface area contributed by atoms with Crippen LogP contribution in [0, 0.1) is 5.92 Å². The Labute approximate surface area is 127 Å². The first-order valence-corrected chi connectivity index (χ1v) is 8.34. The summed E-state index contributed by atoms with van der Waals surface area (Å²) in [5.41, 5.74) is 0. The molecule has 2 aliphatic rings. The van der Waals surface area contributed by atoms with E-state index in [1.165, 1.54) is 6.42 Å². The lowest BCUT2D eigenvalue weighted by Gasteiger charge is -2.32. The molecule has 1 saturated carbocycles. The van der Waals surface area contributed by atoms with E-state index in [-0.39, 0.29) is 24.5 Å². The molecule has 0 aromatic carbocycles. The maximum Gasteiger partial charge on any atom is 0.320 e. The lowest BCUT2D eigenvalue weighted by molar-refractivity contribution is -0.143. The monoisotopic (exact) mass is 296 g/mol. The summed E-state index contributed by atoms with van der Waals surface area (Å²) >= 11 is 0. The molecule has 3 unspecified atom stereocenters. The minimum Gasteiger partial charge on any atom is -0.480 e. The van der Waals surface area contributed by atoms with Gasteiger partial charge in [0.1, 0.15) is 6.04 Å². The predicted octanol–water partition coefficient (Wildman–Crippen LogP) is 2.01. The number of rotatable bonds is 6. The van der Waals surface area contributed by atoms with Gasteiger partial charge in [0.25, 0.3) is 0 Å². The van der Waals surface area contributed by atoms with E-state index >= 15 is 0 Å². The van der Waals surface area contributed by atoms with Gasteiger partial charge in [-0.3, -0.25) is 14.5 Å². The fourth-order valence-electron chi connectivity index (χ4n) is 3.95. The third-order valence-corrected chi connectivity index (χ3v) is 5.18. The van der Waals surface area contributed by atoms with Gasteiger partial charge < -0.3 is 10.4 Å². The summed E-state index contributed by atoms with van der Waals surface area (Å²) in [6, 6.07) is 0.00314. The molecular weight excluding hydrogens is 268 g/mol. The Morgan fingerprint density at radius 2 is 1.90 bits per heavy atom. The second-order valence-corrected chi connectivity index (χ2v) is 6.45. The van der Waals surface area contributed by atoms with Gasteiger partial charge in [-0.05, 0) is 38.0 Å². The van der Waals surface area contributed by atoms with Crippen molar-refractivity contribution in [2.75, 3.05) is 6.54 Å². The standard InChI is InChI=1S/C16H28N2O3/c1-3-12(4-2)17-15(19)10-18-13-8-6-5-7-11(13)9-14(18)16(20)21/h11-14H,3-10H2,1-2H3,(H,17,19)(H,20,21). The number of carboxylic acid groups (broad SMARTS) is 1. The topological polar surface area (TPSA) is 69.6 Å². The summed E-state index contributed by atoms with van der Waals surface area (Å²) in [5.74, 6) is -0.346. The molecule has 2 rings (SSSR count). The number of carbonyl (C=O) groups excluding carboxylic acids is 1. The van der Waals surface area contributed by atoms with Crippen molar-refractivity contribution in [3.63, 3.8) is 0 Å². The van der Waals surface area contributed by atoms with Crippen molar-refractivity contribution < 1.29 is 14.7 Å². The molecule has 2 N–H and O–H groups in total. The van der Waals surface area contributed by atoms with Gasteiger partial charge in [0.05, 0.1) is 6.54 Å². The van der Waals surface area contributed by atoms with Gasteiger partial charge in [0.15, 0.2) is 0 Å². The average molecular weight is 296 g/mol. The van der Waals surface area contributed by atoms with Gasteiger partial charge in [-0.25, -0.2) is 0 Å². The summed E-state index contributed by atoms with van der Waals surface area (Å²) in [6.45, 7) is 4.34. The van der Waals surface area contributed by atoms with Crippen LogP contribution < -0.4 is 5.32 Å². The molecule has 1 amide bonds. The van der Waals surface area contributed by atoms with Gasteiger partial charge in [0.2, 0.25) is 5.91 Å². The summed E-state index contributed by atoms with van der Waals surface area (Å²) in [7, 11) is 0. The fourth-order valence-corrected chi connectivity index (χ4v) is 3.95. The largest absolute Gasteiger partial charge is 0.480 e. The van der Waals surface area contributed by atoms with E-state index in [2.05, 4.69) is 19.2 Å². The maximum absolute atomic E-state index is 12.2. The SMILES string of the molecule is CCC(CC)NC(=O)CN1C(C(=O)O)CC2CCCCC21. The van der Waals surface area contributed by atoms with Gasteiger partial charge in [0, 0.05) is 12.1 Å². The van der Waals surface area contributed by atoms with E-state index in [4.69, 9.17) is 0 Å². The Morgan fingerprint density at radius 1 is 1.24 bits per heavy atom. The van der Waals surface area contributed by atoms with Crippen LogP contribution in [0.4, 0.5) is 0 Å². The van der Waals surface area contributed by atoms with Crippen LogP contribution >= 0.6 is 0 Å². The highest BCUT2D eigenvalue weighted by molar-refractivity contribution is 5.80. The van der Waals surface area contributed by atoms with E-state index in [0.717, 1.165) is 32.1 Å². The molecule has 1 heterocycles. The van der Waals surface area contributed by atoms with E-state index in [1.807, 2.05) is 4.90 Å². The van der Waals surface area contributed by atoms with Crippen molar-refractivity contribution in [1.29, 1.82) is 0 Å². The van der Waals surface area contributed by atoms with Crippen molar-refractivity contribution >= 4 is 11.9 Å². The van der Waals surface area contributed by atoms with Crippen LogP contribution in [0.3, 0.4) is 0 Å². The summed E-state index contributed by atoms with van der Waals surface area (Å²) in [6.07, 6.45) is 7.02. The van der Waals surface area contributed by atoms with Crippen LogP contribution in [-0.2, 0) is 9.59 Å². The van der Waals surface area contributed by atoms with Gasteiger partial charge in [-0.2, -0.15) is 0 Å². The number of nitrogens with zero attached hydrogens (tertiary/aromatic N) is 1. The summed E-state index contributed by atoms with van der Waals surface area (Å²) < 4.78 is 0. The molecule has 3 atom stereocenters. The molecular formula is C16H28N2O3. The maximum atomic E-state index is 12.2. The van der Waals surface area contributed by atoms with Crippen molar-refractivity contribution in [3.8, 4) is 0 Å². The fraction of sp³-hybridized carbons (Fsp3) is 0.875. The molecule has 2 fully saturated rings. The minimum atomic E-state index is -0.778. The lowest BCUT2D eigenvalue weighted by Crippen LogP contribution is -2.49. The zero-order valence-electron chi connectivity index (χ0n) is 13.2. The Hall–Kier alpha value is -1.10. The van der Waals surface area contributed by atoms with Crippen molar-refractivity contribution in [3.05, 3.63) is 0 Å². The number of likely N-dealkylation sites (tertiary alicyclic amines) is 1. The first-order valence-electron chi connectivity index (χ1n) is 8.34. The van der Waals surface area contributed by atoms with Crippen LogP contribution in [0.2, 0.25) is 0 Å². The molecule has 21 heavy (non-hydrogen) atoms. The molecule has 0 spiro atoms. The normalized spacial score (nSPS) is 29.4. The molecule has 5 nitrogen and oxygen atoms in total. The Bertz CT molecular complexity index is 382. The molecule has 5 heteroatoms. The zero-order valence-corrected chi connectivity index (χ0v) is 13.2. The van der Waals surface area contributed by atoms with Crippen molar-refractivity contribution in [2.24, 2.45) is 5.92 Å². The summed E-state index contributed by atoms with van der Waals surface area (Å²) in [5, 5.41) is 12.5. The number of hydrogen-bond acceptors (Lipinski definition) is 3. The number of fused-ring (bicyclic) bond motifs is 1. The third-order valence-electron chi connectivity index (χ3n) is 5.18. The zero-order chi connectivity index (χ0) is 15.4. The molecule has 0 aromatic heterocycles. The first kappa shape index (κ1) is 16.3. The molecule has 120 valence electrons. The lowest BCUT2D eigenvalue weighted by atomic mass is 9.85. The van der Waals surface area contributed by atoms with Crippen molar-refractivity contribution in [2.45, 2.75) is 76.9 Å². The molecule has 0 bridgehead atoms. The van der Waals surface area contributed by atoms with Crippen LogP contribution in [0.25, 0.3) is 0 Å². The first-order chi connectivity index (χ1) is 10.1. The number of carbonyl (C=O) groups is 2. The number of nitrogens with one attached hydrogen (secondary N) is 1. The third kappa shape index (κ3) is 3.76. The highest BCUT2D eigenvalue weighted by Gasteiger charge is 2.45. The number of amides is 1. The van der Waals surface area contributed by atoms with E-state index < -0.39 is 12.0 Å². The number of hydrogen-bond donors (Lipinski definition) is 2. The molecule has 0 radical (unpaired) electrons. The van der Waals surface area contributed by atoms with Gasteiger partial charge in [-0.15, -0.1) is 0 Å². The second kappa shape index (κ2) is 7.25. The van der Waals surface area contributed by atoms with Gasteiger partial charge in [-0.1, -0.05) is 26.7 Å².